The Hall–Kier alpha value is -2.02. The molecule has 5 rings (SSSR count). The van der Waals surface area contributed by atoms with Crippen molar-refractivity contribution < 1.29 is 29.0 Å². The number of hydrogen-bond donors (Lipinski definition) is 2. The molecule has 39 heavy (non-hydrogen) atoms. The first-order chi connectivity index (χ1) is 17.8. The van der Waals surface area contributed by atoms with Crippen LogP contribution < -0.4 is 5.73 Å². The topological polar surface area (TPSA) is 124 Å². The van der Waals surface area contributed by atoms with Crippen molar-refractivity contribution in [2.45, 2.75) is 105 Å². The number of carbonyl (C=O) groups excluding carboxylic acids is 4. The molecule has 2 unspecified atom stereocenters. The summed E-state index contributed by atoms with van der Waals surface area (Å²) in [5.74, 6) is -2.29. The van der Waals surface area contributed by atoms with Crippen LogP contribution in [-0.2, 0) is 23.9 Å². The lowest BCUT2D eigenvalue weighted by Crippen LogP contribution is -2.70. The summed E-state index contributed by atoms with van der Waals surface area (Å²) in [7, 11) is 1.46. The average Bonchev–Trinajstić information content (AvgIpc) is 2.83. The summed E-state index contributed by atoms with van der Waals surface area (Å²) in [6.07, 6.45) is 7.05. The van der Waals surface area contributed by atoms with E-state index in [0.29, 0.717) is 12.8 Å². The summed E-state index contributed by atoms with van der Waals surface area (Å²) >= 11 is 0. The summed E-state index contributed by atoms with van der Waals surface area (Å²) in [6, 6.07) is 0. The maximum atomic E-state index is 14.4. The van der Waals surface area contributed by atoms with Crippen LogP contribution >= 0.6 is 0 Å². The summed E-state index contributed by atoms with van der Waals surface area (Å²) in [5, 5.41) is 11.4. The molecule has 5 aliphatic carbocycles. The van der Waals surface area contributed by atoms with Gasteiger partial charge in [0.1, 0.15) is 0 Å². The Bertz CT molecular complexity index is 1200. The van der Waals surface area contributed by atoms with Gasteiger partial charge < -0.3 is 15.6 Å². The van der Waals surface area contributed by atoms with Gasteiger partial charge in [-0.05, 0) is 84.5 Å². The molecule has 0 aromatic heterocycles. The monoisotopic (exact) mass is 541 g/mol. The van der Waals surface area contributed by atoms with Crippen LogP contribution in [0, 0.1) is 50.2 Å². The van der Waals surface area contributed by atoms with Gasteiger partial charge in [-0.25, -0.2) is 0 Å². The molecular formula is C32H47NO6. The minimum absolute atomic E-state index is 0.0149. The van der Waals surface area contributed by atoms with Gasteiger partial charge >= 0.3 is 5.97 Å². The lowest BCUT2D eigenvalue weighted by atomic mass is 9.33. The van der Waals surface area contributed by atoms with Gasteiger partial charge in [-0.15, -0.1) is 0 Å². The van der Waals surface area contributed by atoms with Gasteiger partial charge in [0.15, 0.2) is 11.6 Å². The van der Waals surface area contributed by atoms with Crippen molar-refractivity contribution in [3.05, 3.63) is 11.6 Å². The highest BCUT2D eigenvalue weighted by atomic mass is 16.5. The summed E-state index contributed by atoms with van der Waals surface area (Å²) in [5.41, 5.74) is 1.11. The van der Waals surface area contributed by atoms with E-state index < -0.39 is 44.4 Å². The molecule has 5 aliphatic rings. The Morgan fingerprint density at radius 2 is 1.59 bits per heavy atom. The first-order valence-corrected chi connectivity index (χ1v) is 14.7. The highest BCUT2D eigenvalue weighted by molar-refractivity contribution is 6.11. The molecule has 8 atom stereocenters. The van der Waals surface area contributed by atoms with Gasteiger partial charge in [-0.1, -0.05) is 54.0 Å². The van der Waals surface area contributed by atoms with Crippen molar-refractivity contribution in [2.75, 3.05) is 7.11 Å². The third kappa shape index (κ3) is 3.31. The summed E-state index contributed by atoms with van der Waals surface area (Å²) in [6.45, 7) is 14.6. The molecular weight excluding hydrogens is 494 g/mol. The molecule has 0 radical (unpaired) electrons. The van der Waals surface area contributed by atoms with Gasteiger partial charge in [-0.2, -0.15) is 0 Å². The van der Waals surface area contributed by atoms with Gasteiger partial charge in [0.05, 0.1) is 12.5 Å². The normalized spacial score (nSPS) is 48.0. The number of hydrogen-bond acceptors (Lipinski definition) is 6. The highest BCUT2D eigenvalue weighted by Crippen LogP contribution is 2.75. The molecule has 1 amide bonds. The van der Waals surface area contributed by atoms with Crippen molar-refractivity contribution in [3.63, 3.8) is 0 Å². The predicted octanol–water partition coefficient (Wildman–Crippen LogP) is 4.54. The van der Waals surface area contributed by atoms with E-state index in [9.17, 15) is 24.3 Å². The van der Waals surface area contributed by atoms with Gasteiger partial charge in [0.25, 0.3) is 5.91 Å². The third-order valence-electron chi connectivity index (χ3n) is 13.1. The number of ketones is 2. The zero-order chi connectivity index (χ0) is 29.2. The van der Waals surface area contributed by atoms with E-state index in [0.717, 1.165) is 37.7 Å². The number of nitrogens with two attached hydrogens (primary N) is 1. The average molecular weight is 542 g/mol. The van der Waals surface area contributed by atoms with E-state index in [1.165, 1.54) is 7.11 Å². The molecule has 216 valence electrons. The minimum Gasteiger partial charge on any atom is -0.469 e. The van der Waals surface area contributed by atoms with E-state index in [4.69, 9.17) is 10.5 Å². The number of ether oxygens (including phenoxy) is 1. The van der Waals surface area contributed by atoms with Crippen molar-refractivity contribution in [1.29, 1.82) is 0 Å². The van der Waals surface area contributed by atoms with Crippen molar-refractivity contribution in [3.8, 4) is 0 Å². The van der Waals surface area contributed by atoms with Gasteiger partial charge in [0, 0.05) is 17.8 Å². The third-order valence-corrected chi connectivity index (χ3v) is 13.1. The van der Waals surface area contributed by atoms with E-state index in [2.05, 4.69) is 27.7 Å². The largest absolute Gasteiger partial charge is 0.469 e. The summed E-state index contributed by atoms with van der Waals surface area (Å²) in [4.78, 5) is 53.9. The molecule has 0 aromatic rings. The minimum atomic E-state index is -2.28. The Kier molecular flexibility index (Phi) is 5.88. The van der Waals surface area contributed by atoms with Crippen molar-refractivity contribution >= 4 is 23.4 Å². The maximum Gasteiger partial charge on any atom is 0.312 e. The lowest BCUT2D eigenvalue weighted by molar-refractivity contribution is -0.198. The van der Waals surface area contributed by atoms with Crippen LogP contribution in [0.4, 0.5) is 0 Å². The van der Waals surface area contributed by atoms with E-state index in [1.54, 1.807) is 19.9 Å². The number of allylic oxidation sites excluding steroid dienone is 2. The van der Waals surface area contributed by atoms with Crippen LogP contribution in [0.15, 0.2) is 11.6 Å². The van der Waals surface area contributed by atoms with Crippen molar-refractivity contribution in [2.24, 2.45) is 56.0 Å². The lowest BCUT2D eigenvalue weighted by Gasteiger charge is -2.70. The first kappa shape index (κ1) is 28.5. The fraction of sp³-hybridized carbons (Fsp3) is 0.812. The fourth-order valence-corrected chi connectivity index (χ4v) is 10.9. The SMILES string of the molecule is COC(=O)[C@]12CCC(C)(C)CC1C1C(=O)C=C3[C@@]4(C)C[C@](O)(C(N)=O)C(=O)C(C)(C)[C@@H]4CC[C@@]3(C)[C@]1(C)CC2. The zero-order valence-corrected chi connectivity index (χ0v) is 25.0. The Balaban J connectivity index is 1.69. The Morgan fingerprint density at radius 3 is 2.18 bits per heavy atom. The van der Waals surface area contributed by atoms with Crippen LogP contribution in [-0.4, -0.2) is 41.3 Å². The van der Waals surface area contributed by atoms with E-state index in [1.807, 2.05) is 6.92 Å². The molecule has 0 heterocycles. The van der Waals surface area contributed by atoms with Crippen LogP contribution in [0.3, 0.4) is 0 Å². The molecule has 3 N–H and O–H groups in total. The number of aliphatic hydroxyl groups is 1. The molecule has 7 nitrogen and oxygen atoms in total. The molecule has 7 heteroatoms. The highest BCUT2D eigenvalue weighted by Gasteiger charge is 2.73. The second-order valence-electron chi connectivity index (χ2n) is 15.8. The molecule has 4 fully saturated rings. The number of esters is 1. The first-order valence-electron chi connectivity index (χ1n) is 14.7. The molecule has 4 saturated carbocycles. The predicted molar refractivity (Wildman–Crippen MR) is 146 cm³/mol. The van der Waals surface area contributed by atoms with Crippen LogP contribution in [0.25, 0.3) is 0 Å². The molecule has 0 saturated heterocycles. The molecule has 0 bridgehead atoms. The Labute approximate surface area is 232 Å². The number of Topliss-reactive ketones (excluding diaryl/α,β-unsaturated/α-hetero) is 1. The van der Waals surface area contributed by atoms with E-state index >= 15 is 0 Å². The van der Waals surface area contributed by atoms with Gasteiger partial charge in [-0.3, -0.25) is 19.2 Å². The standard InChI is InChI=1S/C32H47NO6/c1-26(2)11-13-31(25(37)39-8)14-12-30(7)22(18(31)16-26)19(34)15-21-28(5)17-32(38,24(33)36)23(35)27(3,4)20(28)9-10-29(21,30)6/h15,18,20,22,38H,9-14,16-17H2,1-8H3,(H2,33,36)/t18?,20-,22?,28-,29+,30+,31-,32+/m0/s1. The zero-order valence-electron chi connectivity index (χ0n) is 25.0. The van der Waals surface area contributed by atoms with Crippen LogP contribution in [0.2, 0.25) is 0 Å². The fourth-order valence-electron chi connectivity index (χ4n) is 10.9. The number of methoxy groups -OCH3 is 1. The quantitative estimate of drug-likeness (QED) is 0.391. The smallest absolute Gasteiger partial charge is 0.312 e. The summed E-state index contributed by atoms with van der Waals surface area (Å²) < 4.78 is 5.39. The molecule has 0 aliphatic heterocycles. The number of rotatable bonds is 2. The van der Waals surface area contributed by atoms with E-state index in [-0.39, 0.29) is 41.3 Å². The number of amides is 1. The second kappa shape index (κ2) is 8.04. The molecule has 0 aromatic carbocycles. The number of primary amides is 1. The van der Waals surface area contributed by atoms with Crippen molar-refractivity contribution in [1.82, 2.24) is 0 Å². The second-order valence-corrected chi connectivity index (χ2v) is 15.8. The maximum absolute atomic E-state index is 14.4. The van der Waals surface area contributed by atoms with Crippen LogP contribution in [0.5, 0.6) is 0 Å². The number of carbonyl (C=O) groups is 4. The van der Waals surface area contributed by atoms with Crippen LogP contribution in [0.1, 0.15) is 99.8 Å². The van der Waals surface area contributed by atoms with Gasteiger partial charge in [0.2, 0.25) is 5.60 Å². The molecule has 0 spiro atoms. The Morgan fingerprint density at radius 1 is 0.974 bits per heavy atom. The number of fused-ring (bicyclic) bond motifs is 7.